The molecule has 0 bridgehead atoms. The number of benzene rings is 1. The summed E-state index contributed by atoms with van der Waals surface area (Å²) in [5.74, 6) is -0.211. The van der Waals surface area contributed by atoms with Crippen LogP contribution in [0.2, 0.25) is 0 Å². The van der Waals surface area contributed by atoms with Crippen molar-refractivity contribution >= 4 is 12.0 Å². The highest BCUT2D eigenvalue weighted by Gasteiger charge is 2.72. The highest BCUT2D eigenvalue weighted by Crippen LogP contribution is 2.67. The van der Waals surface area contributed by atoms with Crippen LogP contribution in [-0.4, -0.2) is 23.1 Å². The molecule has 0 aromatic heterocycles. The molecule has 2 aliphatic rings. The molecule has 3 rings (SSSR count). The third-order valence-electron chi connectivity index (χ3n) is 5.38. The lowest BCUT2D eigenvalue weighted by Crippen LogP contribution is -2.51. The lowest BCUT2D eigenvalue weighted by molar-refractivity contribution is -0.147. The van der Waals surface area contributed by atoms with Gasteiger partial charge in [0.2, 0.25) is 0 Å². The van der Waals surface area contributed by atoms with E-state index >= 15 is 0 Å². The number of carbonyl (C=O) groups is 2. The van der Waals surface area contributed by atoms with Gasteiger partial charge in [0.25, 0.3) is 0 Å². The van der Waals surface area contributed by atoms with E-state index in [0.29, 0.717) is 18.8 Å². The maximum absolute atomic E-state index is 12.2. The summed E-state index contributed by atoms with van der Waals surface area (Å²) in [5.41, 5.74) is 1.82. The van der Waals surface area contributed by atoms with E-state index in [2.05, 4.69) is 30.5 Å². The first kappa shape index (κ1) is 15.8. The maximum atomic E-state index is 12.2. The van der Waals surface area contributed by atoms with Gasteiger partial charge in [-0.05, 0) is 42.7 Å². The Bertz CT molecular complexity index is 643. The Kier molecular flexibility index (Phi) is 3.82. The zero-order valence-corrected chi connectivity index (χ0v) is 13.8. The van der Waals surface area contributed by atoms with Gasteiger partial charge in [0, 0.05) is 6.04 Å². The summed E-state index contributed by atoms with van der Waals surface area (Å²) in [6.07, 6.45) is 1.25. The molecule has 0 aliphatic heterocycles. The van der Waals surface area contributed by atoms with E-state index in [1.54, 1.807) is 0 Å². The van der Waals surface area contributed by atoms with Crippen LogP contribution in [-0.2, 0) is 4.79 Å². The van der Waals surface area contributed by atoms with Crippen LogP contribution >= 0.6 is 0 Å². The number of urea groups is 1. The van der Waals surface area contributed by atoms with Crippen LogP contribution < -0.4 is 10.6 Å². The molecule has 2 fully saturated rings. The number of carboxylic acids is 1. The fourth-order valence-electron chi connectivity index (χ4n) is 3.87. The van der Waals surface area contributed by atoms with E-state index in [4.69, 9.17) is 5.11 Å². The Balaban J connectivity index is 1.56. The number of fused-ring (bicyclic) bond motifs is 1. The molecule has 0 saturated heterocycles. The summed E-state index contributed by atoms with van der Waals surface area (Å²) in [4.78, 5) is 23.3. The van der Waals surface area contributed by atoms with Crippen molar-refractivity contribution in [3.63, 3.8) is 0 Å². The predicted octanol–water partition coefficient (Wildman–Crippen LogP) is 3.03. The van der Waals surface area contributed by atoms with Gasteiger partial charge in [0.05, 0.1) is 11.5 Å². The van der Waals surface area contributed by atoms with Crippen molar-refractivity contribution in [2.45, 2.75) is 51.6 Å². The number of carbonyl (C=O) groups excluding carboxylic acids is 1. The van der Waals surface area contributed by atoms with Crippen molar-refractivity contribution in [2.24, 2.45) is 11.3 Å². The van der Waals surface area contributed by atoms with Gasteiger partial charge in [0.1, 0.15) is 0 Å². The lowest BCUT2D eigenvalue weighted by Gasteiger charge is -2.32. The van der Waals surface area contributed by atoms with E-state index in [1.807, 2.05) is 25.1 Å². The second kappa shape index (κ2) is 5.55. The largest absolute Gasteiger partial charge is 0.481 e. The fraction of sp³-hybridized carbons (Fsp3) is 0.556. The van der Waals surface area contributed by atoms with Crippen LogP contribution in [0.3, 0.4) is 0 Å². The number of amides is 2. The first-order chi connectivity index (χ1) is 10.8. The summed E-state index contributed by atoms with van der Waals surface area (Å²) in [6, 6.07) is 7.82. The number of nitrogens with one attached hydrogen (secondary N) is 2. The molecule has 124 valence electrons. The molecular weight excluding hydrogens is 292 g/mol. The van der Waals surface area contributed by atoms with Gasteiger partial charge in [0.15, 0.2) is 0 Å². The molecule has 1 unspecified atom stereocenters. The second-order valence-electron chi connectivity index (χ2n) is 7.21. The quantitative estimate of drug-likeness (QED) is 0.781. The minimum Gasteiger partial charge on any atom is -0.481 e. The van der Waals surface area contributed by atoms with Crippen LogP contribution in [0.5, 0.6) is 0 Å². The van der Waals surface area contributed by atoms with E-state index in [1.165, 1.54) is 5.56 Å². The van der Waals surface area contributed by atoms with Gasteiger partial charge in [-0.2, -0.15) is 0 Å². The normalized spacial score (nSPS) is 29.2. The van der Waals surface area contributed by atoms with Crippen LogP contribution in [0.1, 0.15) is 56.7 Å². The van der Waals surface area contributed by atoms with Crippen molar-refractivity contribution in [3.8, 4) is 0 Å². The molecule has 0 spiro atoms. The van der Waals surface area contributed by atoms with Gasteiger partial charge in [-0.3, -0.25) is 4.79 Å². The van der Waals surface area contributed by atoms with Crippen LogP contribution in [0.15, 0.2) is 24.3 Å². The zero-order valence-electron chi connectivity index (χ0n) is 13.8. The van der Waals surface area contributed by atoms with Gasteiger partial charge in [-0.1, -0.05) is 38.1 Å². The summed E-state index contributed by atoms with van der Waals surface area (Å²) >= 11 is 0. The summed E-state index contributed by atoms with van der Waals surface area (Å²) < 4.78 is 0. The molecule has 5 nitrogen and oxygen atoms in total. The average molecular weight is 316 g/mol. The highest BCUT2D eigenvalue weighted by atomic mass is 16.4. The third-order valence-corrected chi connectivity index (χ3v) is 5.38. The number of hydrogen-bond donors (Lipinski definition) is 3. The Morgan fingerprint density at radius 1 is 1.17 bits per heavy atom. The van der Waals surface area contributed by atoms with Crippen molar-refractivity contribution in [2.75, 3.05) is 0 Å². The Morgan fingerprint density at radius 3 is 2.35 bits per heavy atom. The molecule has 2 saturated carbocycles. The van der Waals surface area contributed by atoms with E-state index in [-0.39, 0.29) is 24.0 Å². The van der Waals surface area contributed by atoms with Crippen molar-refractivity contribution in [1.29, 1.82) is 0 Å². The number of carboxylic acid groups (broad SMARTS) is 1. The molecular formula is C18H24N2O3. The fourth-order valence-corrected chi connectivity index (χ4v) is 3.87. The number of hydrogen-bond acceptors (Lipinski definition) is 2. The molecule has 1 aromatic rings. The molecule has 2 aliphatic carbocycles. The Morgan fingerprint density at radius 2 is 1.83 bits per heavy atom. The zero-order chi connectivity index (χ0) is 16.8. The number of rotatable bonds is 5. The summed E-state index contributed by atoms with van der Waals surface area (Å²) in [7, 11) is 0. The van der Waals surface area contributed by atoms with Crippen molar-refractivity contribution < 1.29 is 14.7 Å². The molecule has 23 heavy (non-hydrogen) atoms. The second-order valence-corrected chi connectivity index (χ2v) is 7.21. The molecule has 5 heteroatoms. The van der Waals surface area contributed by atoms with Crippen LogP contribution in [0, 0.1) is 11.3 Å². The molecule has 2 amide bonds. The van der Waals surface area contributed by atoms with Gasteiger partial charge < -0.3 is 15.7 Å². The van der Waals surface area contributed by atoms with Crippen molar-refractivity contribution in [3.05, 3.63) is 35.4 Å². The Labute approximate surface area is 136 Å². The molecule has 1 aromatic carbocycles. The first-order valence-corrected chi connectivity index (χ1v) is 8.24. The lowest BCUT2D eigenvalue weighted by atomic mass is 9.80. The number of aliphatic carboxylic acids is 1. The van der Waals surface area contributed by atoms with E-state index in [0.717, 1.165) is 5.56 Å². The van der Waals surface area contributed by atoms with Gasteiger partial charge >= 0.3 is 12.0 Å². The standard InChI is InChI=1S/C18H24N2O3/c1-10(2)12-6-4-5-7-13(12)11(3)19-17(23)20-15-9-18(16(21)22)8-14(15)18/h4-7,10-11,14-15H,8-9H2,1-3H3,(H,21,22)(H2,19,20,23)/t11?,14-,15-,18-/m1/s1. The monoisotopic (exact) mass is 316 g/mol. The van der Waals surface area contributed by atoms with Gasteiger partial charge in [-0.15, -0.1) is 0 Å². The topological polar surface area (TPSA) is 78.4 Å². The summed E-state index contributed by atoms with van der Waals surface area (Å²) in [6.45, 7) is 6.25. The highest BCUT2D eigenvalue weighted by molar-refractivity contribution is 5.82. The van der Waals surface area contributed by atoms with Crippen LogP contribution in [0.4, 0.5) is 4.79 Å². The minimum atomic E-state index is -0.722. The molecule has 0 radical (unpaired) electrons. The molecule has 0 heterocycles. The third kappa shape index (κ3) is 2.69. The van der Waals surface area contributed by atoms with Crippen molar-refractivity contribution in [1.82, 2.24) is 10.6 Å². The van der Waals surface area contributed by atoms with Gasteiger partial charge in [-0.25, -0.2) is 4.79 Å². The Hall–Kier alpha value is -2.04. The average Bonchev–Trinajstić information content (AvgIpc) is 3.11. The maximum Gasteiger partial charge on any atom is 0.315 e. The van der Waals surface area contributed by atoms with Crippen LogP contribution in [0.25, 0.3) is 0 Å². The minimum absolute atomic E-state index is 0.00126. The smallest absolute Gasteiger partial charge is 0.315 e. The molecule has 3 N–H and O–H groups in total. The molecule has 4 atom stereocenters. The predicted molar refractivity (Wildman–Crippen MR) is 87.2 cm³/mol. The first-order valence-electron chi connectivity index (χ1n) is 8.24. The van der Waals surface area contributed by atoms with E-state index < -0.39 is 11.4 Å². The van der Waals surface area contributed by atoms with E-state index in [9.17, 15) is 9.59 Å². The SMILES string of the molecule is CC(C)c1ccccc1C(C)NC(=O)N[C@@H]1C[C@]2(C(=O)O)C[C@H]12. The summed E-state index contributed by atoms with van der Waals surface area (Å²) in [5, 5.41) is 15.0.